The molecule has 2 aromatic rings. The van der Waals surface area contributed by atoms with Crippen LogP contribution < -0.4 is 10.2 Å². The Morgan fingerprint density at radius 1 is 1.03 bits per heavy atom. The van der Waals surface area contributed by atoms with Gasteiger partial charge < -0.3 is 15.1 Å². The summed E-state index contributed by atoms with van der Waals surface area (Å²) in [5, 5.41) is 13.5. The van der Waals surface area contributed by atoms with Gasteiger partial charge in [0.15, 0.2) is 0 Å². The van der Waals surface area contributed by atoms with Crippen LogP contribution in [-0.4, -0.2) is 88.2 Å². The summed E-state index contributed by atoms with van der Waals surface area (Å²) in [6, 6.07) is 4.43. The highest BCUT2D eigenvalue weighted by atomic mass is 32.1. The second-order valence-electron chi connectivity index (χ2n) is 9.54. The fraction of sp³-hybridized carbons (Fsp3) is 0.667. The maximum absolute atomic E-state index is 12.8. The third-order valence-corrected chi connectivity index (χ3v) is 8.31. The maximum Gasteiger partial charge on any atom is 0.268 e. The minimum Gasteiger partial charge on any atom is -0.351 e. The molecule has 0 unspecified atom stereocenters. The first kappa shape index (κ1) is 23.3. The van der Waals surface area contributed by atoms with Crippen LogP contribution in [0.2, 0.25) is 0 Å². The summed E-state index contributed by atoms with van der Waals surface area (Å²) in [5.41, 5.74) is 0.557. The Balaban J connectivity index is 1.13. The van der Waals surface area contributed by atoms with Gasteiger partial charge in [0.05, 0.1) is 0 Å². The van der Waals surface area contributed by atoms with Crippen molar-refractivity contribution in [1.82, 2.24) is 29.9 Å². The molecule has 5 rings (SSSR count). The lowest BCUT2D eigenvalue weighted by Gasteiger charge is -2.40. The van der Waals surface area contributed by atoms with Crippen molar-refractivity contribution in [1.29, 1.82) is 0 Å². The van der Waals surface area contributed by atoms with Crippen molar-refractivity contribution in [2.75, 3.05) is 50.7 Å². The standard InChI is InChI=1S/C24H35N7O2S/c32-21-10-5-12-29(21)13-6-11-25-22(33)20-9-4-14-31(20)24-27-26-23(34-24)30-17-15-28(16-18-30)19-7-2-1-3-8-19/h4,9,14,19H,1-3,5-8,10-13,15-18H2,(H,25,33). The van der Waals surface area contributed by atoms with Crippen LogP contribution in [-0.2, 0) is 4.79 Å². The topological polar surface area (TPSA) is 86.6 Å². The second-order valence-corrected chi connectivity index (χ2v) is 10.5. The van der Waals surface area contributed by atoms with Crippen molar-refractivity contribution >= 4 is 28.3 Å². The van der Waals surface area contributed by atoms with Crippen LogP contribution in [0, 0.1) is 0 Å². The van der Waals surface area contributed by atoms with E-state index in [4.69, 9.17) is 0 Å². The number of likely N-dealkylation sites (tertiary alicyclic amines) is 1. The van der Waals surface area contributed by atoms with Gasteiger partial charge in [-0.25, -0.2) is 0 Å². The average Bonchev–Trinajstić information content (AvgIpc) is 3.63. The van der Waals surface area contributed by atoms with Crippen LogP contribution >= 0.6 is 11.3 Å². The van der Waals surface area contributed by atoms with Gasteiger partial charge in [-0.2, -0.15) is 0 Å². The van der Waals surface area contributed by atoms with Gasteiger partial charge in [0.1, 0.15) is 5.69 Å². The molecule has 3 aliphatic rings. The zero-order valence-electron chi connectivity index (χ0n) is 19.8. The van der Waals surface area contributed by atoms with E-state index in [2.05, 4.69) is 25.3 Å². The summed E-state index contributed by atoms with van der Waals surface area (Å²) >= 11 is 1.53. The molecule has 1 N–H and O–H groups in total. The molecule has 0 bridgehead atoms. The molecular formula is C24H35N7O2S. The van der Waals surface area contributed by atoms with E-state index in [0.717, 1.165) is 56.7 Å². The fourth-order valence-corrected chi connectivity index (χ4v) is 6.29. The van der Waals surface area contributed by atoms with E-state index in [-0.39, 0.29) is 11.8 Å². The summed E-state index contributed by atoms with van der Waals surface area (Å²) in [6.07, 6.45) is 11.0. The third kappa shape index (κ3) is 5.27. The predicted octanol–water partition coefficient (Wildman–Crippen LogP) is 2.53. The normalized spacial score (nSPS) is 20.3. The van der Waals surface area contributed by atoms with E-state index in [9.17, 15) is 9.59 Å². The average molecular weight is 486 g/mol. The van der Waals surface area contributed by atoms with Crippen molar-refractivity contribution in [3.63, 3.8) is 0 Å². The molecule has 2 saturated heterocycles. The van der Waals surface area contributed by atoms with E-state index < -0.39 is 0 Å². The van der Waals surface area contributed by atoms with Gasteiger partial charge in [0.25, 0.3) is 5.91 Å². The molecule has 184 valence electrons. The molecule has 4 heterocycles. The lowest BCUT2D eigenvalue weighted by Crippen LogP contribution is -2.50. The highest BCUT2D eigenvalue weighted by molar-refractivity contribution is 7.17. The number of carbonyl (C=O) groups excluding carboxylic acids is 2. The van der Waals surface area contributed by atoms with Crippen molar-refractivity contribution in [2.45, 2.75) is 57.4 Å². The highest BCUT2D eigenvalue weighted by Crippen LogP contribution is 2.28. The summed E-state index contributed by atoms with van der Waals surface area (Å²) in [7, 11) is 0. The van der Waals surface area contributed by atoms with Crippen LogP contribution in [0.5, 0.6) is 0 Å². The van der Waals surface area contributed by atoms with E-state index in [0.29, 0.717) is 30.3 Å². The van der Waals surface area contributed by atoms with E-state index in [1.807, 2.05) is 27.8 Å². The number of carbonyl (C=O) groups is 2. The van der Waals surface area contributed by atoms with E-state index in [1.165, 1.54) is 43.4 Å². The first-order valence-corrected chi connectivity index (χ1v) is 13.6. The van der Waals surface area contributed by atoms with E-state index in [1.54, 1.807) is 0 Å². The highest BCUT2D eigenvalue weighted by Gasteiger charge is 2.27. The Bertz CT molecular complexity index is 976. The largest absolute Gasteiger partial charge is 0.351 e. The number of piperazine rings is 1. The molecule has 0 spiro atoms. The molecule has 3 fully saturated rings. The number of rotatable bonds is 8. The second kappa shape index (κ2) is 10.9. The van der Waals surface area contributed by atoms with Crippen LogP contribution in [0.3, 0.4) is 0 Å². The van der Waals surface area contributed by atoms with Crippen molar-refractivity contribution < 1.29 is 9.59 Å². The Morgan fingerprint density at radius 2 is 1.82 bits per heavy atom. The zero-order chi connectivity index (χ0) is 23.3. The van der Waals surface area contributed by atoms with Gasteiger partial charge in [0.2, 0.25) is 16.2 Å². The zero-order valence-corrected chi connectivity index (χ0v) is 20.6. The van der Waals surface area contributed by atoms with Gasteiger partial charge >= 0.3 is 0 Å². The number of nitrogens with zero attached hydrogens (tertiary/aromatic N) is 6. The number of nitrogens with one attached hydrogen (secondary N) is 1. The van der Waals surface area contributed by atoms with Gasteiger partial charge in [0, 0.05) is 64.5 Å². The summed E-state index contributed by atoms with van der Waals surface area (Å²) in [4.78, 5) is 31.4. The Hall–Kier alpha value is -2.46. The van der Waals surface area contributed by atoms with Crippen molar-refractivity contribution in [2.24, 2.45) is 0 Å². The van der Waals surface area contributed by atoms with Crippen molar-refractivity contribution in [3.05, 3.63) is 24.0 Å². The lowest BCUT2D eigenvalue weighted by atomic mass is 9.94. The van der Waals surface area contributed by atoms with Gasteiger partial charge in [-0.1, -0.05) is 30.6 Å². The van der Waals surface area contributed by atoms with Gasteiger partial charge in [-0.15, -0.1) is 10.2 Å². The molecule has 1 aliphatic carbocycles. The SMILES string of the molecule is O=C(NCCCN1CCCC1=O)c1cccn1-c1nnc(N2CCN(C3CCCCC3)CC2)s1. The first-order chi connectivity index (χ1) is 16.7. The Morgan fingerprint density at radius 3 is 2.59 bits per heavy atom. The molecule has 1 saturated carbocycles. The lowest BCUT2D eigenvalue weighted by molar-refractivity contribution is -0.127. The first-order valence-electron chi connectivity index (χ1n) is 12.8. The smallest absolute Gasteiger partial charge is 0.268 e. The monoisotopic (exact) mass is 485 g/mol. The Kier molecular flexibility index (Phi) is 7.44. The summed E-state index contributed by atoms with van der Waals surface area (Å²) < 4.78 is 1.82. The predicted molar refractivity (Wildman–Crippen MR) is 133 cm³/mol. The number of hydrogen-bond acceptors (Lipinski definition) is 7. The molecular weight excluding hydrogens is 450 g/mol. The molecule has 34 heavy (non-hydrogen) atoms. The van der Waals surface area contributed by atoms with Gasteiger partial charge in [-0.05, 0) is 37.8 Å². The minimum atomic E-state index is -0.129. The Labute approximate surface area is 205 Å². The molecule has 10 heteroatoms. The summed E-state index contributed by atoms with van der Waals surface area (Å²) in [6.45, 7) is 6.20. The van der Waals surface area contributed by atoms with Crippen LogP contribution in [0.15, 0.2) is 18.3 Å². The number of hydrogen-bond donors (Lipinski definition) is 1. The summed E-state index contributed by atoms with van der Waals surface area (Å²) in [5.74, 6) is 0.0956. The molecule has 2 aliphatic heterocycles. The van der Waals surface area contributed by atoms with Crippen LogP contribution in [0.1, 0.15) is 61.9 Å². The van der Waals surface area contributed by atoms with Crippen LogP contribution in [0.25, 0.3) is 5.13 Å². The molecule has 0 atom stereocenters. The minimum absolute atomic E-state index is 0.129. The molecule has 0 radical (unpaired) electrons. The molecule has 9 nitrogen and oxygen atoms in total. The van der Waals surface area contributed by atoms with E-state index >= 15 is 0 Å². The third-order valence-electron chi connectivity index (χ3n) is 7.33. The molecule has 2 amide bonds. The number of amides is 2. The van der Waals surface area contributed by atoms with Crippen LogP contribution in [0.4, 0.5) is 5.13 Å². The maximum atomic E-state index is 12.8. The van der Waals surface area contributed by atoms with Crippen molar-refractivity contribution in [3.8, 4) is 5.13 Å². The molecule has 0 aromatic carbocycles. The number of aromatic nitrogens is 3. The number of anilines is 1. The fourth-order valence-electron chi connectivity index (χ4n) is 5.39. The van der Waals surface area contributed by atoms with Gasteiger partial charge in [-0.3, -0.25) is 19.1 Å². The quantitative estimate of drug-likeness (QED) is 0.579. The molecule has 2 aromatic heterocycles.